The van der Waals surface area contributed by atoms with Crippen molar-refractivity contribution in [2.24, 2.45) is 22.1 Å². The minimum atomic E-state index is -1.03. The van der Waals surface area contributed by atoms with Crippen LogP contribution >= 0.6 is 35.8 Å². The lowest BCUT2D eigenvalue weighted by Crippen LogP contribution is -2.57. The maximum absolute atomic E-state index is 12.4. The average Bonchev–Trinajstić information content (AvgIpc) is 1.50. The van der Waals surface area contributed by atoms with Gasteiger partial charge in [-0.25, -0.2) is 24.0 Å². The Kier molecular flexibility index (Phi) is 27.5. The number of carboxylic acids is 4. The average molecular weight is 1530 g/mol. The number of ether oxygens (including phenoxy) is 1. The summed E-state index contributed by atoms with van der Waals surface area (Å²) in [5, 5.41) is 63.1. The molecular weight excluding hydrogens is 1460 g/mol. The number of carbonyl (C=O) groups excluding carboxylic acids is 5. The number of carbonyl (C=O) groups is 9. The minimum absolute atomic E-state index is 0.105. The van der Waals surface area contributed by atoms with Gasteiger partial charge in [0.15, 0.2) is 10.2 Å². The molecule has 0 unspecified atom stereocenters. The summed E-state index contributed by atoms with van der Waals surface area (Å²) in [4.78, 5) is 125. The van der Waals surface area contributed by atoms with Gasteiger partial charge in [0.1, 0.15) is 52.4 Å². The molecule has 11 rings (SSSR count). The van der Waals surface area contributed by atoms with Crippen LogP contribution in [0.1, 0.15) is 103 Å². The Morgan fingerprint density at radius 1 is 0.596 bits per heavy atom. The Bertz CT molecular complexity index is 5130. The number of nitrogens with zero attached hydrogens (tertiary/aromatic N) is 10. The number of aryl methyl sites for hydroxylation is 2. The quantitative estimate of drug-likeness (QED) is 0.0212. The van der Waals surface area contributed by atoms with Crippen molar-refractivity contribution >= 4 is 129 Å². The van der Waals surface area contributed by atoms with E-state index < -0.39 is 47.7 Å². The van der Waals surface area contributed by atoms with Gasteiger partial charge < -0.3 is 43.3 Å². The number of amides is 4. The molecule has 560 valence electrons. The number of anilines is 1. The monoisotopic (exact) mass is 1530 g/mol. The summed E-state index contributed by atoms with van der Waals surface area (Å²) in [7, 11) is 6.13. The molecule has 109 heavy (non-hydrogen) atoms. The van der Waals surface area contributed by atoms with Crippen molar-refractivity contribution in [1.29, 1.82) is 10.5 Å². The number of hydrogen-bond acceptors (Lipinski definition) is 22. The van der Waals surface area contributed by atoms with Crippen LogP contribution in [-0.2, 0) is 41.6 Å². The predicted octanol–water partition coefficient (Wildman–Crippen LogP) is 11.3. The highest BCUT2D eigenvalue weighted by Crippen LogP contribution is 2.32. The number of thiocarbonyl (C=S) groups is 2. The van der Waals surface area contributed by atoms with E-state index in [1.807, 2.05) is 36.9 Å². The number of aromatic nitrogens is 1. The number of azo groups is 1. The first-order valence-electron chi connectivity index (χ1n) is 33.3. The highest BCUT2D eigenvalue weighted by molar-refractivity contribution is 7.80. The van der Waals surface area contributed by atoms with Gasteiger partial charge >= 0.3 is 34.7 Å². The van der Waals surface area contributed by atoms with E-state index in [0.717, 1.165) is 28.2 Å². The molecule has 0 saturated carbocycles. The lowest BCUT2D eigenvalue weighted by atomic mass is 9.99. The van der Waals surface area contributed by atoms with Crippen molar-refractivity contribution in [3.63, 3.8) is 0 Å². The van der Waals surface area contributed by atoms with Gasteiger partial charge in [0.05, 0.1) is 75.1 Å². The lowest BCUT2D eigenvalue weighted by molar-refractivity contribution is -0.147. The first-order valence-corrected chi connectivity index (χ1v) is 34.9. The zero-order valence-electron chi connectivity index (χ0n) is 60.0. The van der Waals surface area contributed by atoms with E-state index in [1.54, 1.807) is 105 Å². The van der Waals surface area contributed by atoms with E-state index in [1.165, 1.54) is 94.8 Å². The van der Waals surface area contributed by atoms with Crippen molar-refractivity contribution in [1.82, 2.24) is 24.2 Å². The highest BCUT2D eigenvalue weighted by atomic mass is 32.1. The van der Waals surface area contributed by atoms with Gasteiger partial charge in [-0.15, -0.1) is 0 Å². The molecular formula is C78H72N10O18S3. The Hall–Kier alpha value is -13.1. The molecule has 4 amide bonds. The van der Waals surface area contributed by atoms with Crippen LogP contribution in [-0.4, -0.2) is 156 Å². The molecule has 9 aromatic rings. The molecule has 5 aromatic carbocycles. The molecule has 0 radical (unpaired) electrons. The van der Waals surface area contributed by atoms with Crippen LogP contribution in [0, 0.1) is 48.3 Å². The zero-order chi connectivity index (χ0) is 79.7. The number of rotatable bonds is 22. The van der Waals surface area contributed by atoms with E-state index in [-0.39, 0.29) is 80.4 Å². The fraction of sp³-hybridized carbons (Fsp3) is 0.231. The summed E-state index contributed by atoms with van der Waals surface area (Å²) >= 11 is 11.1. The summed E-state index contributed by atoms with van der Waals surface area (Å²) in [6, 6.07) is 43.1. The minimum Gasteiger partial charge on any atom is -0.478 e. The van der Waals surface area contributed by atoms with Gasteiger partial charge in [-0.3, -0.25) is 48.1 Å². The maximum Gasteiger partial charge on any atom is 0.335 e. The molecule has 2 aliphatic rings. The first-order chi connectivity index (χ1) is 51.8. The van der Waals surface area contributed by atoms with Crippen LogP contribution in [0.4, 0.5) is 17.1 Å². The topological polar surface area (TPSA) is 394 Å². The molecule has 4 N–H and O–H groups in total. The number of thiazole rings is 1. The largest absolute Gasteiger partial charge is 0.478 e. The van der Waals surface area contributed by atoms with E-state index in [0.29, 0.717) is 98.4 Å². The summed E-state index contributed by atoms with van der Waals surface area (Å²) in [6.07, 6.45) is 2.64. The molecule has 0 spiro atoms. The molecule has 28 nitrogen and oxygen atoms in total. The number of carboxylic acid groups (broad SMARTS) is 4. The van der Waals surface area contributed by atoms with E-state index >= 15 is 0 Å². The van der Waals surface area contributed by atoms with Crippen LogP contribution in [0.3, 0.4) is 0 Å². The summed E-state index contributed by atoms with van der Waals surface area (Å²) < 4.78 is 24.2. The summed E-state index contributed by atoms with van der Waals surface area (Å²) in [5.41, 5.74) is 6.32. The number of esters is 1. The van der Waals surface area contributed by atoms with Gasteiger partial charge in [0, 0.05) is 82.6 Å². The molecule has 0 bridgehead atoms. The predicted molar refractivity (Wildman–Crippen MR) is 408 cm³/mol. The van der Waals surface area contributed by atoms with Crippen molar-refractivity contribution in [3.05, 3.63) is 216 Å². The standard InChI is InChI=1S/C22H21NO6S.C20H19N5O2.2C18H16N2O5S/c1-5-28-21(26)14(4)23-13(3)19(30-22(23)27)11-16-8-9-18(29-16)17-10-15(20(24)25)7-6-12(17)2;1-15-13-18(25(11-3-9-21)12-4-10-22)7-8-19(15)24-23-17-6-2-5-16(14-17)20(26)27;2*1-19-15(21)13(16(22)20(2)18(19)26)9-12-6-7-14(25-12)10-4-3-5-11(8-10)17(23)24/h6-11,14H,3,5H2,1-2,4H3,(H,24,25);2,5-8,13-14H,3-4,11-12H2,1H3,(H,26,27);2*3-8,13H,9H2,1-2H3,(H,23,24)/b19-11+;;;/t14-;;;/m1.../s1. The zero-order valence-corrected chi connectivity index (χ0v) is 62.5. The summed E-state index contributed by atoms with van der Waals surface area (Å²) in [6.45, 7) is 12.3. The van der Waals surface area contributed by atoms with Crippen molar-refractivity contribution < 1.29 is 81.6 Å². The molecule has 6 heterocycles. The molecule has 2 saturated heterocycles. The number of nitriles is 2. The number of aromatic carboxylic acids is 4. The highest BCUT2D eigenvalue weighted by Gasteiger charge is 2.42. The van der Waals surface area contributed by atoms with Gasteiger partial charge in [-0.05, 0) is 172 Å². The second kappa shape index (κ2) is 36.7. The third kappa shape index (κ3) is 20.1. The van der Waals surface area contributed by atoms with Gasteiger partial charge in [-0.2, -0.15) is 20.8 Å². The third-order valence-electron chi connectivity index (χ3n) is 17.1. The molecule has 1 atom stereocenters. The van der Waals surface area contributed by atoms with Gasteiger partial charge in [-0.1, -0.05) is 54.3 Å². The van der Waals surface area contributed by atoms with E-state index in [9.17, 15) is 53.1 Å². The molecule has 2 aliphatic heterocycles. The van der Waals surface area contributed by atoms with Gasteiger partial charge in [0.25, 0.3) is 0 Å². The van der Waals surface area contributed by atoms with Crippen LogP contribution in [0.15, 0.2) is 174 Å². The Morgan fingerprint density at radius 3 is 1.53 bits per heavy atom. The Labute approximate surface area is 638 Å². The number of hydrogen-bond donors (Lipinski definition) is 4. The normalized spacial score (nSPS) is 13.5. The van der Waals surface area contributed by atoms with Crippen LogP contribution in [0.2, 0.25) is 0 Å². The second-order valence-corrected chi connectivity index (χ2v) is 26.2. The molecule has 2 fully saturated rings. The van der Waals surface area contributed by atoms with Crippen molar-refractivity contribution in [3.8, 4) is 46.1 Å². The number of furan rings is 3. The first kappa shape index (κ1) is 81.6. The molecule has 4 aromatic heterocycles. The SMILES string of the molecule is C=c1/c(=C\c2ccc(-c3cc(C(=O)O)ccc3C)o2)sc(=O)n1[C@H](C)C(=O)OCC.CN1C(=O)C(Cc2ccc(-c3cccc(C(=O)O)c3)o2)C(=O)N(C)C1=S.CN1C(=O)C(Cc2ccc(-c3cccc(C(=O)O)c3)o2)C(=O)N(C)C1=S.Cc1cc(N(CCC#N)CCC#N)ccc1N=Nc1cccc(C(=O)O)c1. The van der Waals surface area contributed by atoms with E-state index in [4.69, 9.17) is 68.3 Å². The van der Waals surface area contributed by atoms with Crippen molar-refractivity contribution in [2.45, 2.75) is 59.4 Å². The number of benzene rings is 5. The Balaban J connectivity index is 0.000000183. The third-order valence-corrected chi connectivity index (χ3v) is 19.2. The van der Waals surface area contributed by atoms with Crippen LogP contribution in [0.5, 0.6) is 0 Å². The molecule has 0 aliphatic carbocycles. The molecule has 31 heteroatoms. The van der Waals surface area contributed by atoms with Gasteiger partial charge in [0.2, 0.25) is 23.6 Å². The lowest BCUT2D eigenvalue weighted by Gasteiger charge is -2.35. The van der Waals surface area contributed by atoms with Crippen molar-refractivity contribution in [2.75, 3.05) is 52.8 Å². The smallest absolute Gasteiger partial charge is 0.335 e. The fourth-order valence-corrected chi connectivity index (χ4v) is 12.5. The van der Waals surface area contributed by atoms with E-state index in [2.05, 4.69) is 28.9 Å². The maximum atomic E-state index is 12.4. The second-order valence-electron chi connectivity index (χ2n) is 24.5. The Morgan fingerprint density at radius 2 is 1.06 bits per heavy atom. The van der Waals surface area contributed by atoms with Crippen LogP contribution in [0.25, 0.3) is 46.6 Å². The van der Waals surface area contributed by atoms with Crippen LogP contribution < -0.4 is 19.7 Å². The summed E-state index contributed by atoms with van der Waals surface area (Å²) in [5.74, 6) is -5.02. The fourth-order valence-electron chi connectivity index (χ4n) is 11.2.